The molecule has 0 bridgehead atoms. The number of hydrogen-bond donors (Lipinski definition) is 2. The molecule has 10 heteroatoms. The molecule has 0 fully saturated rings. The van der Waals surface area contributed by atoms with Gasteiger partial charge in [0.2, 0.25) is 0 Å². The van der Waals surface area contributed by atoms with E-state index in [0.717, 1.165) is 6.07 Å². The summed E-state index contributed by atoms with van der Waals surface area (Å²) in [6.45, 7) is -5.14. The fourth-order valence-electron chi connectivity index (χ4n) is 3.75. The molecule has 0 atom stereocenters. The van der Waals surface area contributed by atoms with E-state index in [1.807, 2.05) is 0 Å². The van der Waals surface area contributed by atoms with Crippen molar-refractivity contribution in [2.75, 3.05) is 34.5 Å². The summed E-state index contributed by atoms with van der Waals surface area (Å²) < 4.78 is 69.1. The van der Waals surface area contributed by atoms with E-state index < -0.39 is 43.3 Å². The number of carbonyl (C=O) groups is 2. The van der Waals surface area contributed by atoms with Crippen LogP contribution in [0.15, 0.2) is 61.1 Å². The summed E-state index contributed by atoms with van der Waals surface area (Å²) in [4.78, 5) is 44.0. The summed E-state index contributed by atoms with van der Waals surface area (Å²) in [6, 6.07) is 6.97. The van der Waals surface area contributed by atoms with Crippen molar-refractivity contribution in [2.24, 2.45) is 0 Å². The summed E-state index contributed by atoms with van der Waals surface area (Å²) in [5.41, 5.74) is 0.0441. The van der Waals surface area contributed by atoms with E-state index in [9.17, 15) is 9.59 Å². The highest BCUT2D eigenvalue weighted by Crippen LogP contribution is 2.36. The Kier molecular flexibility index (Phi) is 3.66. The van der Waals surface area contributed by atoms with Gasteiger partial charge in [-0.05, 0) is 61.2 Å². The Balaban J connectivity index is 0.000000178. The van der Waals surface area contributed by atoms with Gasteiger partial charge < -0.3 is 20.4 Å². The summed E-state index contributed by atoms with van der Waals surface area (Å²) in [7, 11) is 3.20. The standard InChI is InChI=1S/2C13H12N4O/c2*1-8-5-7-15-12-10(8)16-13(18)9-4-3-6-14-11(9)17(12)2/h2*3-7H,1-2H3,(H,16,18)/i1D3,5D,7D;1D3,7D. The van der Waals surface area contributed by atoms with Crippen LogP contribution in [0.5, 0.6) is 0 Å². The average Bonchev–Trinajstić information content (AvgIpc) is 3.14. The van der Waals surface area contributed by atoms with Crippen LogP contribution in [-0.2, 0) is 0 Å². The van der Waals surface area contributed by atoms with Gasteiger partial charge in [-0.3, -0.25) is 9.59 Å². The van der Waals surface area contributed by atoms with Crippen LogP contribution in [0.1, 0.15) is 44.2 Å². The molecular weight excluding hydrogens is 456 g/mol. The van der Waals surface area contributed by atoms with Gasteiger partial charge in [-0.1, -0.05) is 0 Å². The fraction of sp³-hybridized carbons (Fsp3) is 0.154. The molecule has 2 N–H and O–H groups in total. The number of carbonyl (C=O) groups excluding carboxylic acids is 2. The van der Waals surface area contributed by atoms with Crippen molar-refractivity contribution in [1.82, 2.24) is 19.9 Å². The maximum Gasteiger partial charge on any atom is 0.259 e. The maximum atomic E-state index is 12.4. The number of rotatable bonds is 0. The largest absolute Gasteiger partial charge is 0.318 e. The van der Waals surface area contributed by atoms with Crippen LogP contribution < -0.4 is 20.4 Å². The monoisotopic (exact) mass is 489 g/mol. The minimum absolute atomic E-state index is 0.0722. The van der Waals surface area contributed by atoms with E-state index in [1.54, 1.807) is 38.4 Å². The maximum absolute atomic E-state index is 12.4. The molecule has 6 rings (SSSR count). The lowest BCUT2D eigenvalue weighted by Gasteiger charge is -2.18. The van der Waals surface area contributed by atoms with Gasteiger partial charge in [-0.2, -0.15) is 0 Å². The molecule has 180 valence electrons. The van der Waals surface area contributed by atoms with Crippen LogP contribution >= 0.6 is 0 Å². The van der Waals surface area contributed by atoms with Crippen molar-refractivity contribution >= 4 is 46.5 Å². The number of anilines is 6. The molecule has 0 aromatic carbocycles. The van der Waals surface area contributed by atoms with Crippen LogP contribution in [0, 0.1) is 13.7 Å². The second-order valence-electron chi connectivity index (χ2n) is 7.70. The lowest BCUT2D eigenvalue weighted by atomic mass is 10.2. The van der Waals surface area contributed by atoms with Gasteiger partial charge >= 0.3 is 0 Å². The Morgan fingerprint density at radius 3 is 1.81 bits per heavy atom. The van der Waals surface area contributed by atoms with Crippen molar-refractivity contribution in [3.8, 4) is 0 Å². The van der Waals surface area contributed by atoms with Crippen molar-refractivity contribution in [2.45, 2.75) is 13.7 Å². The van der Waals surface area contributed by atoms with Gasteiger partial charge in [-0.15, -0.1) is 0 Å². The first kappa shape index (κ1) is 14.5. The second kappa shape index (κ2) is 9.06. The number of fused-ring (bicyclic) bond motifs is 4. The number of amides is 2. The van der Waals surface area contributed by atoms with Crippen LogP contribution in [-0.4, -0.2) is 45.8 Å². The zero-order valence-electron chi connectivity index (χ0n) is 28.0. The van der Waals surface area contributed by atoms with E-state index in [4.69, 9.17) is 12.3 Å². The van der Waals surface area contributed by atoms with Crippen LogP contribution in [0.2, 0.25) is 0 Å². The van der Waals surface area contributed by atoms with Gasteiger partial charge in [0.1, 0.15) is 11.6 Å². The molecule has 0 aliphatic carbocycles. The van der Waals surface area contributed by atoms with Gasteiger partial charge in [0, 0.05) is 47.1 Å². The van der Waals surface area contributed by atoms with E-state index in [0.29, 0.717) is 17.2 Å². The quantitative estimate of drug-likeness (QED) is 0.377. The molecule has 0 saturated carbocycles. The predicted molar refractivity (Wildman–Crippen MR) is 138 cm³/mol. The number of aromatic nitrogens is 4. The normalized spacial score (nSPS) is 17.8. The molecule has 4 aromatic rings. The first-order valence-corrected chi connectivity index (χ1v) is 10.5. The summed E-state index contributed by atoms with van der Waals surface area (Å²) in [6.07, 6.45) is 2.36. The van der Waals surface area contributed by atoms with Crippen LogP contribution in [0.25, 0.3) is 0 Å². The van der Waals surface area contributed by atoms with E-state index in [-0.39, 0.29) is 40.3 Å². The highest BCUT2D eigenvalue weighted by atomic mass is 16.2. The summed E-state index contributed by atoms with van der Waals surface area (Å²) in [5, 5.41) is 5.09. The van der Waals surface area contributed by atoms with E-state index in [2.05, 4.69) is 30.6 Å². The highest BCUT2D eigenvalue weighted by molar-refractivity contribution is 6.12. The minimum Gasteiger partial charge on any atom is -0.318 e. The van der Waals surface area contributed by atoms with Crippen molar-refractivity contribution in [3.05, 3.63) is 83.4 Å². The van der Waals surface area contributed by atoms with E-state index in [1.165, 1.54) is 22.2 Å². The lowest BCUT2D eigenvalue weighted by molar-refractivity contribution is 0.101. The van der Waals surface area contributed by atoms with Crippen molar-refractivity contribution < 1.29 is 21.9 Å². The molecule has 2 aliphatic heterocycles. The van der Waals surface area contributed by atoms with Gasteiger partial charge in [0.05, 0.1) is 26.6 Å². The third kappa shape index (κ3) is 3.88. The highest BCUT2D eigenvalue weighted by Gasteiger charge is 2.26. The van der Waals surface area contributed by atoms with Crippen molar-refractivity contribution in [1.29, 1.82) is 0 Å². The molecule has 36 heavy (non-hydrogen) atoms. The molecule has 0 radical (unpaired) electrons. The molecule has 2 aliphatic rings. The van der Waals surface area contributed by atoms with Gasteiger partial charge in [-0.25, -0.2) is 19.9 Å². The summed E-state index contributed by atoms with van der Waals surface area (Å²) >= 11 is 0. The average molecular weight is 490 g/mol. The first-order valence-electron chi connectivity index (χ1n) is 15.0. The Morgan fingerprint density at radius 2 is 1.25 bits per heavy atom. The zero-order chi connectivity index (χ0) is 33.0. The molecular formula is C26H24N8O2. The Morgan fingerprint density at radius 1 is 0.722 bits per heavy atom. The van der Waals surface area contributed by atoms with E-state index >= 15 is 0 Å². The molecule has 0 unspecified atom stereocenters. The third-order valence-corrected chi connectivity index (χ3v) is 5.50. The fourth-order valence-corrected chi connectivity index (χ4v) is 3.75. The van der Waals surface area contributed by atoms with Gasteiger partial charge in [0.15, 0.2) is 11.6 Å². The topological polar surface area (TPSA) is 116 Å². The first-order chi connectivity index (χ1) is 21.0. The lowest BCUT2D eigenvalue weighted by Crippen LogP contribution is -2.14. The van der Waals surface area contributed by atoms with Gasteiger partial charge in [0.25, 0.3) is 11.8 Å². The Bertz CT molecular complexity index is 1860. The van der Waals surface area contributed by atoms with Crippen LogP contribution in [0.4, 0.5) is 34.6 Å². The molecule has 4 aromatic heterocycles. The predicted octanol–water partition coefficient (Wildman–Crippen LogP) is 4.24. The minimum atomic E-state index is -2.67. The third-order valence-electron chi connectivity index (χ3n) is 5.50. The molecule has 0 spiro atoms. The number of aryl methyl sites for hydroxylation is 1. The number of nitrogens with one attached hydrogen (secondary N) is 2. The number of pyridine rings is 4. The zero-order valence-corrected chi connectivity index (χ0v) is 19.0. The number of nitrogens with zero attached hydrogens (tertiary/aromatic N) is 6. The SMILES string of the molecule is [2H]c1cc(C([2H])([2H])[2H])c2c(n1)N(C)c1ncccc1C(=O)N2.[2H]c1nc2c(c(C([2H])([2H])[2H])c1[2H])NC(=O)c1cccnc1N2C. The Hall–Kier alpha value is -4.86. The molecule has 10 nitrogen and oxygen atoms in total. The Labute approximate surface area is 220 Å². The molecule has 0 saturated heterocycles. The smallest absolute Gasteiger partial charge is 0.259 e. The van der Waals surface area contributed by atoms with Crippen molar-refractivity contribution in [3.63, 3.8) is 0 Å². The molecule has 2 amide bonds. The second-order valence-corrected chi connectivity index (χ2v) is 7.70. The number of hydrogen-bond acceptors (Lipinski definition) is 8. The van der Waals surface area contributed by atoms with Crippen LogP contribution in [0.3, 0.4) is 0 Å². The summed E-state index contributed by atoms with van der Waals surface area (Å²) in [5.74, 6) is -0.0903. The molecule has 6 heterocycles.